The third kappa shape index (κ3) is 4.12. The molecule has 8 heteroatoms. The number of hydrogen-bond acceptors (Lipinski definition) is 6. The van der Waals surface area contributed by atoms with Crippen molar-refractivity contribution in [3.63, 3.8) is 0 Å². The first-order chi connectivity index (χ1) is 14.7. The number of amides is 1. The van der Waals surface area contributed by atoms with Crippen LogP contribution < -0.4 is 5.32 Å². The third-order valence-electron chi connectivity index (χ3n) is 6.95. The Morgan fingerprint density at radius 2 is 2.03 bits per heavy atom. The molecule has 6 atom stereocenters. The Balaban J connectivity index is 1.50. The number of rotatable bonds is 7. The van der Waals surface area contributed by atoms with Crippen LogP contribution in [-0.4, -0.2) is 54.0 Å². The van der Waals surface area contributed by atoms with Crippen molar-refractivity contribution >= 4 is 11.6 Å². The van der Waals surface area contributed by atoms with Crippen LogP contribution >= 0.6 is 0 Å². The highest BCUT2D eigenvalue weighted by Gasteiger charge is 2.71. The van der Waals surface area contributed by atoms with E-state index in [1.54, 1.807) is 7.11 Å². The minimum atomic E-state index is -0.481. The topological polar surface area (TPSA) is 107 Å². The maximum Gasteiger partial charge on any atom is 0.269 e. The van der Waals surface area contributed by atoms with Gasteiger partial charge in [-0.25, -0.2) is 0 Å². The van der Waals surface area contributed by atoms with Gasteiger partial charge in [0.2, 0.25) is 0 Å². The number of benzene rings is 1. The summed E-state index contributed by atoms with van der Waals surface area (Å²) in [5.74, 6) is -0.257. The molecule has 1 aromatic rings. The van der Waals surface area contributed by atoms with Crippen molar-refractivity contribution in [2.45, 2.75) is 69.5 Å². The Kier molecular flexibility index (Phi) is 5.66. The molecule has 0 bridgehead atoms. The van der Waals surface area contributed by atoms with Crippen LogP contribution in [0.15, 0.2) is 35.9 Å². The minimum absolute atomic E-state index is 0.0106. The molecule has 1 aromatic carbocycles. The number of hydrogen-bond donors (Lipinski definition) is 1. The van der Waals surface area contributed by atoms with Crippen molar-refractivity contribution in [3.05, 3.63) is 51.6 Å². The van der Waals surface area contributed by atoms with Crippen LogP contribution in [0.4, 0.5) is 5.69 Å². The molecule has 3 fully saturated rings. The van der Waals surface area contributed by atoms with Gasteiger partial charge in [0, 0.05) is 30.7 Å². The van der Waals surface area contributed by atoms with E-state index in [4.69, 9.17) is 14.2 Å². The fraction of sp³-hybridized carbons (Fsp3) is 0.609. The standard InChI is InChI=1S/C23H30N2O6/c1-14(2)5-10-18-22(3,31-18)20-19(29-4)17(11-12-23(20)13-30-23)24-21(26)15-6-8-16(9-7-15)25(27)28/h5-9,17-20H,10-13H2,1-4H3,(H,24,26)/t17-,18-,19-,20-,22+,23+/m1/s1. The van der Waals surface area contributed by atoms with Crippen LogP contribution in [0.3, 0.4) is 0 Å². The van der Waals surface area contributed by atoms with Gasteiger partial charge in [0.25, 0.3) is 11.6 Å². The molecule has 4 rings (SSSR count). The van der Waals surface area contributed by atoms with Gasteiger partial charge >= 0.3 is 0 Å². The molecular weight excluding hydrogens is 400 g/mol. The van der Waals surface area contributed by atoms with Gasteiger partial charge in [0.05, 0.1) is 35.4 Å². The van der Waals surface area contributed by atoms with Crippen molar-refractivity contribution in [2.75, 3.05) is 13.7 Å². The number of nitro benzene ring substituents is 1. The van der Waals surface area contributed by atoms with Crippen molar-refractivity contribution < 1.29 is 23.9 Å². The van der Waals surface area contributed by atoms with E-state index in [1.165, 1.54) is 29.8 Å². The minimum Gasteiger partial charge on any atom is -0.379 e. The first-order valence-electron chi connectivity index (χ1n) is 10.7. The summed E-state index contributed by atoms with van der Waals surface area (Å²) in [5.41, 5.74) is 0.993. The largest absolute Gasteiger partial charge is 0.379 e. The van der Waals surface area contributed by atoms with Gasteiger partial charge in [0.1, 0.15) is 5.60 Å². The average molecular weight is 431 g/mol. The van der Waals surface area contributed by atoms with E-state index in [-0.39, 0.29) is 47.0 Å². The smallest absolute Gasteiger partial charge is 0.269 e. The lowest BCUT2D eigenvalue weighted by Gasteiger charge is -2.43. The van der Waals surface area contributed by atoms with Crippen LogP contribution in [0.2, 0.25) is 0 Å². The Hall–Kier alpha value is -2.29. The molecular formula is C23H30N2O6. The number of non-ortho nitro benzene ring substituents is 1. The van der Waals surface area contributed by atoms with Gasteiger partial charge in [-0.05, 0) is 52.2 Å². The fourth-order valence-electron chi connectivity index (χ4n) is 5.13. The van der Waals surface area contributed by atoms with Crippen LogP contribution in [-0.2, 0) is 14.2 Å². The molecule has 31 heavy (non-hydrogen) atoms. The lowest BCUT2D eigenvalue weighted by molar-refractivity contribution is -0.384. The molecule has 1 saturated carbocycles. The fourth-order valence-corrected chi connectivity index (χ4v) is 5.13. The van der Waals surface area contributed by atoms with Crippen molar-refractivity contribution in [1.29, 1.82) is 0 Å². The molecule has 1 aliphatic carbocycles. The Bertz CT molecular complexity index is 890. The van der Waals surface area contributed by atoms with Crippen molar-refractivity contribution in [3.8, 4) is 0 Å². The normalized spacial score (nSPS) is 36.0. The zero-order valence-electron chi connectivity index (χ0n) is 18.4. The number of carbonyl (C=O) groups is 1. The van der Waals surface area contributed by atoms with Crippen LogP contribution in [0.1, 0.15) is 50.4 Å². The van der Waals surface area contributed by atoms with Gasteiger partial charge in [-0.1, -0.05) is 11.6 Å². The second-order valence-corrected chi connectivity index (χ2v) is 9.26. The second-order valence-electron chi connectivity index (χ2n) is 9.26. The molecule has 1 spiro atoms. The summed E-state index contributed by atoms with van der Waals surface area (Å²) in [7, 11) is 1.67. The number of epoxide rings is 2. The molecule has 0 unspecified atom stereocenters. The first kappa shape index (κ1) is 21.9. The average Bonchev–Trinajstić information content (AvgIpc) is 3.65. The quantitative estimate of drug-likeness (QED) is 0.308. The van der Waals surface area contributed by atoms with Gasteiger partial charge in [-0.3, -0.25) is 14.9 Å². The number of methoxy groups -OCH3 is 1. The maximum absolute atomic E-state index is 12.8. The van der Waals surface area contributed by atoms with E-state index < -0.39 is 4.92 Å². The summed E-state index contributed by atoms with van der Waals surface area (Å²) in [6, 6.07) is 5.43. The summed E-state index contributed by atoms with van der Waals surface area (Å²) < 4.78 is 18.1. The zero-order chi connectivity index (χ0) is 22.4. The highest BCUT2D eigenvalue weighted by atomic mass is 16.6. The van der Waals surface area contributed by atoms with Crippen LogP contribution in [0, 0.1) is 16.0 Å². The Morgan fingerprint density at radius 1 is 1.35 bits per heavy atom. The molecule has 2 aliphatic heterocycles. The van der Waals surface area contributed by atoms with Crippen molar-refractivity contribution in [1.82, 2.24) is 5.32 Å². The molecule has 0 radical (unpaired) electrons. The number of nitro groups is 1. The SMILES string of the molecule is CO[C@@H]1[C@H](NC(=O)c2ccc([N+](=O)[O-])cc2)CC[C@]2(CO2)[C@H]1[C@@]1(C)O[C@@H]1CC=C(C)C. The molecule has 1 N–H and O–H groups in total. The number of nitrogens with zero attached hydrogens (tertiary/aromatic N) is 1. The highest BCUT2D eigenvalue weighted by molar-refractivity contribution is 5.94. The van der Waals surface area contributed by atoms with E-state index >= 15 is 0 Å². The van der Waals surface area contributed by atoms with Gasteiger partial charge in [-0.2, -0.15) is 0 Å². The highest BCUT2D eigenvalue weighted by Crippen LogP contribution is 2.59. The predicted octanol–water partition coefficient (Wildman–Crippen LogP) is 3.40. The van der Waals surface area contributed by atoms with Gasteiger partial charge in [-0.15, -0.1) is 0 Å². The third-order valence-corrected chi connectivity index (χ3v) is 6.95. The molecule has 168 valence electrons. The molecule has 2 heterocycles. The summed E-state index contributed by atoms with van der Waals surface area (Å²) >= 11 is 0. The maximum atomic E-state index is 12.8. The summed E-state index contributed by atoms with van der Waals surface area (Å²) in [5, 5.41) is 13.9. The van der Waals surface area contributed by atoms with Crippen molar-refractivity contribution in [2.24, 2.45) is 5.92 Å². The van der Waals surface area contributed by atoms with E-state index in [2.05, 4.69) is 32.2 Å². The monoisotopic (exact) mass is 430 g/mol. The predicted molar refractivity (Wildman–Crippen MR) is 114 cm³/mol. The van der Waals surface area contributed by atoms with Gasteiger partial charge < -0.3 is 19.5 Å². The lowest BCUT2D eigenvalue weighted by Crippen LogP contribution is -2.59. The molecule has 1 amide bonds. The molecule has 3 aliphatic rings. The molecule has 2 saturated heterocycles. The lowest BCUT2D eigenvalue weighted by atomic mass is 9.67. The zero-order valence-corrected chi connectivity index (χ0v) is 18.4. The molecule has 8 nitrogen and oxygen atoms in total. The number of ether oxygens (including phenoxy) is 3. The summed E-state index contributed by atoms with van der Waals surface area (Å²) in [6.07, 6.45) is 4.46. The Labute approximate surface area is 182 Å². The van der Waals surface area contributed by atoms with E-state index in [0.717, 1.165) is 19.3 Å². The van der Waals surface area contributed by atoms with Gasteiger partial charge in [0.15, 0.2) is 0 Å². The van der Waals surface area contributed by atoms with E-state index in [9.17, 15) is 14.9 Å². The Morgan fingerprint density at radius 3 is 2.58 bits per heavy atom. The summed E-state index contributed by atoms with van der Waals surface area (Å²) in [4.78, 5) is 23.2. The number of carbonyl (C=O) groups excluding carboxylic acids is 1. The first-order valence-corrected chi connectivity index (χ1v) is 10.7. The number of allylic oxidation sites excluding steroid dienone is 1. The molecule has 0 aromatic heterocycles. The van der Waals surface area contributed by atoms with Crippen LogP contribution in [0.25, 0.3) is 0 Å². The number of nitrogens with one attached hydrogen (secondary N) is 1. The van der Waals surface area contributed by atoms with Crippen LogP contribution in [0.5, 0.6) is 0 Å². The van der Waals surface area contributed by atoms with E-state index in [1.807, 2.05) is 0 Å². The second kappa shape index (κ2) is 8.00. The summed E-state index contributed by atoms with van der Waals surface area (Å²) in [6.45, 7) is 6.97. The van der Waals surface area contributed by atoms with E-state index in [0.29, 0.717) is 12.2 Å².